The smallest absolute Gasteiger partial charge is 0.156 e. The Hall–Kier alpha value is -3.48. The fourth-order valence-electron chi connectivity index (χ4n) is 5.06. The maximum Gasteiger partial charge on any atom is 0.156 e. The van der Waals surface area contributed by atoms with Gasteiger partial charge in [-0.3, -0.25) is 0 Å². The van der Waals surface area contributed by atoms with Crippen LogP contribution in [-0.2, 0) is 0 Å². The van der Waals surface area contributed by atoms with E-state index in [1.54, 1.807) is 6.33 Å². The van der Waals surface area contributed by atoms with Crippen LogP contribution in [0, 0.1) is 17.2 Å². The monoisotopic (exact) mass is 485 g/mol. The van der Waals surface area contributed by atoms with E-state index >= 15 is 0 Å². The van der Waals surface area contributed by atoms with Crippen LogP contribution < -0.4 is 20.9 Å². The number of piperidine rings is 1. The number of likely N-dealkylation sites (tertiary alicyclic amines) is 1. The van der Waals surface area contributed by atoms with Gasteiger partial charge < -0.3 is 25.8 Å². The Kier molecular flexibility index (Phi) is 7.74. The number of rotatable bonds is 10. The average Bonchev–Trinajstić information content (AvgIpc) is 2.90. The fraction of sp³-hybridized carbons (Fsp3) is 0.481. The van der Waals surface area contributed by atoms with Gasteiger partial charge in [-0.15, -0.1) is 0 Å². The molecule has 2 aliphatic heterocycles. The second-order valence-electron chi connectivity index (χ2n) is 9.72. The Morgan fingerprint density at radius 3 is 2.58 bits per heavy atom. The van der Waals surface area contributed by atoms with Crippen LogP contribution in [0.15, 0.2) is 42.7 Å². The molecule has 3 N–H and O–H groups in total. The van der Waals surface area contributed by atoms with Crippen molar-refractivity contribution in [2.45, 2.75) is 25.8 Å². The Morgan fingerprint density at radius 1 is 1.03 bits per heavy atom. The number of hydrogen-bond acceptors (Lipinski definition) is 9. The van der Waals surface area contributed by atoms with E-state index in [1.165, 1.54) is 5.69 Å². The molecule has 0 atom stereocenters. The van der Waals surface area contributed by atoms with E-state index in [1.807, 2.05) is 24.3 Å². The number of anilines is 3. The zero-order valence-electron chi connectivity index (χ0n) is 21.0. The maximum atomic E-state index is 8.98. The molecule has 0 amide bonds. The van der Waals surface area contributed by atoms with Crippen LogP contribution in [0.4, 0.5) is 17.3 Å². The first kappa shape index (κ1) is 24.2. The molecule has 0 radical (unpaired) electrons. The molecule has 9 nitrogen and oxygen atoms in total. The minimum Gasteiger partial charge on any atom is -0.371 e. The standard InChI is InChI=1S/C27H35N9/c1-2-29-11-12-30-25-8-7-24-26(34-25)27(32-19-31-24)33-22-9-13-35(14-10-22)16-21-17-36(18-21)23-5-3-20(15-28)4-6-23/h3-8,19,21-22,29H,2,9-14,16-18H2,1H3,(H,30,34)(H,31,32,33). The predicted octanol–water partition coefficient (Wildman–Crippen LogP) is 2.93. The minimum absolute atomic E-state index is 0.392. The van der Waals surface area contributed by atoms with Crippen LogP contribution in [0.2, 0.25) is 0 Å². The van der Waals surface area contributed by atoms with E-state index in [4.69, 9.17) is 10.2 Å². The van der Waals surface area contributed by atoms with E-state index < -0.39 is 0 Å². The SMILES string of the molecule is CCNCCNc1ccc2ncnc(NC3CCN(CC4CN(c5ccc(C#N)cc5)C4)CC3)c2n1. The largest absolute Gasteiger partial charge is 0.371 e. The van der Waals surface area contributed by atoms with Gasteiger partial charge in [-0.1, -0.05) is 6.92 Å². The summed E-state index contributed by atoms with van der Waals surface area (Å²) in [6.07, 6.45) is 3.81. The molecule has 0 bridgehead atoms. The summed E-state index contributed by atoms with van der Waals surface area (Å²) in [4.78, 5) is 18.7. The Bertz CT molecular complexity index is 1180. The number of nitrogens with one attached hydrogen (secondary N) is 3. The van der Waals surface area contributed by atoms with Crippen LogP contribution in [-0.4, -0.2) is 78.3 Å². The lowest BCUT2D eigenvalue weighted by Gasteiger charge is -2.44. The van der Waals surface area contributed by atoms with Crippen molar-refractivity contribution in [2.24, 2.45) is 5.92 Å². The van der Waals surface area contributed by atoms with Gasteiger partial charge in [-0.2, -0.15) is 5.26 Å². The van der Waals surface area contributed by atoms with Gasteiger partial charge in [0, 0.05) is 63.5 Å². The van der Waals surface area contributed by atoms with Gasteiger partial charge in [0.25, 0.3) is 0 Å². The Labute approximate surface area is 212 Å². The van der Waals surface area contributed by atoms with Gasteiger partial charge >= 0.3 is 0 Å². The highest BCUT2D eigenvalue weighted by molar-refractivity contribution is 5.86. The van der Waals surface area contributed by atoms with E-state index in [0.29, 0.717) is 12.0 Å². The molecule has 9 heteroatoms. The summed E-state index contributed by atoms with van der Waals surface area (Å²) < 4.78 is 0. The van der Waals surface area contributed by atoms with Gasteiger partial charge in [0.05, 0.1) is 17.1 Å². The minimum atomic E-state index is 0.392. The van der Waals surface area contributed by atoms with Crippen molar-refractivity contribution in [1.29, 1.82) is 5.26 Å². The van der Waals surface area contributed by atoms with Crippen molar-refractivity contribution >= 4 is 28.4 Å². The molecule has 1 aromatic carbocycles. The van der Waals surface area contributed by atoms with Crippen molar-refractivity contribution in [3.05, 3.63) is 48.3 Å². The molecule has 0 aliphatic carbocycles. The van der Waals surface area contributed by atoms with Gasteiger partial charge in [-0.05, 0) is 55.8 Å². The number of likely N-dealkylation sites (N-methyl/N-ethyl adjacent to an activating group) is 1. The maximum absolute atomic E-state index is 8.98. The summed E-state index contributed by atoms with van der Waals surface area (Å²) in [7, 11) is 0. The number of aromatic nitrogens is 3. The molecule has 2 aliphatic rings. The summed E-state index contributed by atoms with van der Waals surface area (Å²) in [6.45, 7) is 10.3. The summed E-state index contributed by atoms with van der Waals surface area (Å²) in [6, 6.07) is 14.5. The molecular formula is C27H35N9. The molecule has 0 saturated carbocycles. The van der Waals surface area contributed by atoms with E-state index in [2.05, 4.69) is 60.8 Å². The molecule has 36 heavy (non-hydrogen) atoms. The first-order chi connectivity index (χ1) is 17.7. The molecule has 188 valence electrons. The zero-order valence-corrected chi connectivity index (χ0v) is 21.0. The number of fused-ring (bicyclic) bond motifs is 1. The predicted molar refractivity (Wildman–Crippen MR) is 144 cm³/mol. The number of pyridine rings is 1. The highest BCUT2D eigenvalue weighted by atomic mass is 15.2. The first-order valence-electron chi connectivity index (χ1n) is 13.0. The third kappa shape index (κ3) is 5.83. The average molecular weight is 486 g/mol. The van der Waals surface area contributed by atoms with Crippen LogP contribution in [0.1, 0.15) is 25.3 Å². The topological polar surface area (TPSA) is 105 Å². The lowest BCUT2D eigenvalue weighted by atomic mass is 9.96. The van der Waals surface area contributed by atoms with Gasteiger partial charge in [-0.25, -0.2) is 15.0 Å². The number of benzene rings is 1. The quantitative estimate of drug-likeness (QED) is 0.374. The summed E-state index contributed by atoms with van der Waals surface area (Å²) in [5, 5.41) is 19.3. The van der Waals surface area contributed by atoms with Gasteiger partial charge in [0.15, 0.2) is 5.82 Å². The molecular weight excluding hydrogens is 450 g/mol. The molecule has 2 saturated heterocycles. The van der Waals surface area contributed by atoms with Crippen LogP contribution in [0.25, 0.3) is 11.0 Å². The highest BCUT2D eigenvalue weighted by Gasteiger charge is 2.30. The lowest BCUT2D eigenvalue weighted by molar-refractivity contribution is 0.174. The molecule has 2 aromatic heterocycles. The number of hydrogen-bond donors (Lipinski definition) is 3. The van der Waals surface area contributed by atoms with E-state index in [9.17, 15) is 0 Å². The van der Waals surface area contributed by atoms with Crippen LogP contribution >= 0.6 is 0 Å². The molecule has 3 aromatic rings. The Morgan fingerprint density at radius 2 is 1.83 bits per heavy atom. The number of nitriles is 1. The fourth-order valence-corrected chi connectivity index (χ4v) is 5.06. The summed E-state index contributed by atoms with van der Waals surface area (Å²) >= 11 is 0. The summed E-state index contributed by atoms with van der Waals surface area (Å²) in [5.41, 5.74) is 3.62. The van der Waals surface area contributed by atoms with Crippen molar-refractivity contribution < 1.29 is 0 Å². The molecule has 0 spiro atoms. The lowest BCUT2D eigenvalue weighted by Crippen LogP contribution is -2.53. The number of nitrogens with zero attached hydrogens (tertiary/aromatic N) is 6. The second kappa shape index (κ2) is 11.5. The molecule has 2 fully saturated rings. The highest BCUT2D eigenvalue weighted by Crippen LogP contribution is 2.27. The molecule has 4 heterocycles. The third-order valence-electron chi connectivity index (χ3n) is 7.10. The van der Waals surface area contributed by atoms with Crippen LogP contribution in [0.3, 0.4) is 0 Å². The van der Waals surface area contributed by atoms with Gasteiger partial charge in [0.1, 0.15) is 17.7 Å². The van der Waals surface area contributed by atoms with Crippen molar-refractivity contribution in [3.8, 4) is 6.07 Å². The first-order valence-corrected chi connectivity index (χ1v) is 13.0. The Balaban J connectivity index is 1.09. The normalized spacial score (nSPS) is 17.1. The van der Waals surface area contributed by atoms with E-state index in [0.717, 1.165) is 93.4 Å². The van der Waals surface area contributed by atoms with Crippen molar-refractivity contribution in [3.63, 3.8) is 0 Å². The van der Waals surface area contributed by atoms with Crippen molar-refractivity contribution in [1.82, 2.24) is 25.2 Å². The molecule has 0 unspecified atom stereocenters. The van der Waals surface area contributed by atoms with Gasteiger partial charge in [0.2, 0.25) is 0 Å². The zero-order chi connectivity index (χ0) is 24.7. The molecule has 5 rings (SSSR count). The third-order valence-corrected chi connectivity index (χ3v) is 7.10. The second-order valence-corrected chi connectivity index (χ2v) is 9.72. The van der Waals surface area contributed by atoms with Crippen LogP contribution in [0.5, 0.6) is 0 Å². The van der Waals surface area contributed by atoms with Crippen molar-refractivity contribution in [2.75, 3.05) is 67.9 Å². The van der Waals surface area contributed by atoms with E-state index in [-0.39, 0.29) is 0 Å². The summed E-state index contributed by atoms with van der Waals surface area (Å²) in [5.74, 6) is 2.38.